The molecule has 2 aromatic rings. The SMILES string of the molecule is CC(C)CCOc1cccc(C(=O)NC(=S)N(C)c2ccccc2)c1. The van der Waals surface area contributed by atoms with Crippen LogP contribution in [-0.4, -0.2) is 24.7 Å². The number of thiocarbonyl (C=S) groups is 1. The van der Waals surface area contributed by atoms with Gasteiger partial charge in [0.05, 0.1) is 6.61 Å². The van der Waals surface area contributed by atoms with Gasteiger partial charge in [-0.3, -0.25) is 10.1 Å². The lowest BCUT2D eigenvalue weighted by molar-refractivity contribution is 0.0976. The number of para-hydroxylation sites is 1. The van der Waals surface area contributed by atoms with Gasteiger partial charge in [0.2, 0.25) is 0 Å². The van der Waals surface area contributed by atoms with Crippen molar-refractivity contribution in [1.82, 2.24) is 5.32 Å². The molecule has 132 valence electrons. The summed E-state index contributed by atoms with van der Waals surface area (Å²) < 4.78 is 5.71. The van der Waals surface area contributed by atoms with E-state index in [1.54, 1.807) is 17.0 Å². The lowest BCUT2D eigenvalue weighted by Gasteiger charge is -2.20. The third kappa shape index (κ3) is 5.87. The minimum atomic E-state index is -0.248. The van der Waals surface area contributed by atoms with Gasteiger partial charge in [-0.2, -0.15) is 0 Å². The Hall–Kier alpha value is -2.40. The van der Waals surface area contributed by atoms with Crippen molar-refractivity contribution in [3.8, 4) is 5.75 Å². The van der Waals surface area contributed by atoms with Crippen molar-refractivity contribution in [1.29, 1.82) is 0 Å². The first-order valence-corrected chi connectivity index (χ1v) is 8.75. The Morgan fingerprint density at radius 2 is 1.88 bits per heavy atom. The van der Waals surface area contributed by atoms with Crippen LogP contribution >= 0.6 is 12.2 Å². The molecule has 0 radical (unpaired) electrons. The van der Waals surface area contributed by atoms with E-state index < -0.39 is 0 Å². The Balaban J connectivity index is 1.97. The number of amides is 1. The molecule has 0 saturated carbocycles. The number of nitrogens with zero attached hydrogens (tertiary/aromatic N) is 1. The molecule has 2 rings (SSSR count). The largest absolute Gasteiger partial charge is 0.494 e. The second-order valence-corrected chi connectivity index (χ2v) is 6.60. The third-order valence-electron chi connectivity index (χ3n) is 3.73. The van der Waals surface area contributed by atoms with Gasteiger partial charge >= 0.3 is 0 Å². The molecule has 0 heterocycles. The number of nitrogens with one attached hydrogen (secondary N) is 1. The molecule has 2 aromatic carbocycles. The maximum absolute atomic E-state index is 12.4. The number of hydrogen-bond acceptors (Lipinski definition) is 3. The van der Waals surface area contributed by atoms with Gasteiger partial charge in [0.1, 0.15) is 5.75 Å². The van der Waals surface area contributed by atoms with Crippen LogP contribution in [0, 0.1) is 5.92 Å². The maximum atomic E-state index is 12.4. The van der Waals surface area contributed by atoms with E-state index in [-0.39, 0.29) is 5.91 Å². The van der Waals surface area contributed by atoms with Crippen molar-refractivity contribution in [3.05, 3.63) is 60.2 Å². The van der Waals surface area contributed by atoms with Gasteiger partial charge in [-0.15, -0.1) is 0 Å². The first kappa shape index (κ1) is 18.9. The van der Waals surface area contributed by atoms with E-state index in [0.29, 0.717) is 29.0 Å². The molecular formula is C20H24N2O2S. The number of anilines is 1. The normalized spacial score (nSPS) is 10.4. The zero-order valence-corrected chi connectivity index (χ0v) is 15.7. The predicted octanol–water partition coefficient (Wildman–Crippen LogP) is 4.26. The van der Waals surface area contributed by atoms with Crippen LogP contribution in [-0.2, 0) is 0 Å². The van der Waals surface area contributed by atoms with E-state index >= 15 is 0 Å². The number of benzene rings is 2. The molecule has 0 aliphatic carbocycles. The Morgan fingerprint density at radius 3 is 2.56 bits per heavy atom. The van der Waals surface area contributed by atoms with Gasteiger partial charge < -0.3 is 9.64 Å². The Labute approximate surface area is 154 Å². The maximum Gasteiger partial charge on any atom is 0.257 e. The quantitative estimate of drug-likeness (QED) is 0.785. The molecule has 0 aliphatic heterocycles. The molecule has 0 spiro atoms. The summed E-state index contributed by atoms with van der Waals surface area (Å²) >= 11 is 5.33. The van der Waals surface area contributed by atoms with Gasteiger partial charge in [0.15, 0.2) is 5.11 Å². The monoisotopic (exact) mass is 356 g/mol. The fourth-order valence-electron chi connectivity index (χ4n) is 2.16. The van der Waals surface area contributed by atoms with Crippen LogP contribution in [0.1, 0.15) is 30.6 Å². The van der Waals surface area contributed by atoms with Gasteiger partial charge in [-0.05, 0) is 54.9 Å². The third-order valence-corrected chi connectivity index (χ3v) is 4.10. The highest BCUT2D eigenvalue weighted by molar-refractivity contribution is 7.80. The number of rotatable bonds is 6. The summed E-state index contributed by atoms with van der Waals surface area (Å²) in [5, 5.41) is 3.11. The standard InChI is InChI=1S/C20H24N2O2S/c1-15(2)12-13-24-18-11-7-8-16(14-18)19(23)21-20(25)22(3)17-9-5-4-6-10-17/h4-11,14-15H,12-13H2,1-3H3,(H,21,23,25). The molecule has 0 saturated heterocycles. The summed E-state index contributed by atoms with van der Waals surface area (Å²) in [6, 6.07) is 16.8. The molecule has 0 fully saturated rings. The van der Waals surface area contributed by atoms with Crippen molar-refractivity contribution in [3.63, 3.8) is 0 Å². The second-order valence-electron chi connectivity index (χ2n) is 6.21. The lowest BCUT2D eigenvalue weighted by Crippen LogP contribution is -2.40. The molecule has 25 heavy (non-hydrogen) atoms. The molecule has 4 nitrogen and oxygen atoms in total. The van der Waals surface area contributed by atoms with Crippen LogP contribution in [0.4, 0.5) is 5.69 Å². The molecule has 0 bridgehead atoms. The van der Waals surface area contributed by atoms with Crippen LogP contribution in [0.3, 0.4) is 0 Å². The molecule has 0 unspecified atom stereocenters. The highest BCUT2D eigenvalue weighted by Crippen LogP contribution is 2.15. The number of carbonyl (C=O) groups excluding carboxylic acids is 1. The van der Waals surface area contributed by atoms with Gasteiger partial charge in [0, 0.05) is 18.3 Å². The summed E-state index contributed by atoms with van der Waals surface area (Å²) in [6.07, 6.45) is 0.975. The van der Waals surface area contributed by atoms with E-state index in [1.807, 2.05) is 49.5 Å². The minimum absolute atomic E-state index is 0.248. The van der Waals surface area contributed by atoms with Crippen LogP contribution in [0.2, 0.25) is 0 Å². The fourth-order valence-corrected chi connectivity index (χ4v) is 2.36. The first-order chi connectivity index (χ1) is 12.0. The number of carbonyl (C=O) groups is 1. The van der Waals surface area contributed by atoms with E-state index in [1.165, 1.54) is 0 Å². The molecule has 1 N–H and O–H groups in total. The van der Waals surface area contributed by atoms with E-state index in [4.69, 9.17) is 17.0 Å². The van der Waals surface area contributed by atoms with Crippen molar-refractivity contribution in [2.45, 2.75) is 20.3 Å². The average Bonchev–Trinajstić information content (AvgIpc) is 2.61. The van der Waals surface area contributed by atoms with Crippen molar-refractivity contribution in [2.75, 3.05) is 18.6 Å². The Bertz CT molecular complexity index is 717. The Kier molecular flexibility index (Phi) is 6.95. The van der Waals surface area contributed by atoms with Crippen LogP contribution in [0.5, 0.6) is 5.75 Å². The summed E-state index contributed by atoms with van der Waals surface area (Å²) in [7, 11) is 1.82. The average molecular weight is 356 g/mol. The van der Waals surface area contributed by atoms with Crippen molar-refractivity contribution >= 4 is 28.9 Å². The summed E-state index contributed by atoms with van der Waals surface area (Å²) in [6.45, 7) is 4.94. The highest BCUT2D eigenvalue weighted by Gasteiger charge is 2.12. The number of hydrogen-bond donors (Lipinski definition) is 1. The molecule has 0 aliphatic rings. The summed E-state index contributed by atoms with van der Waals surface area (Å²) in [5.41, 5.74) is 1.43. The molecule has 0 aromatic heterocycles. The molecule has 1 amide bonds. The fraction of sp³-hybridized carbons (Fsp3) is 0.300. The zero-order chi connectivity index (χ0) is 18.2. The van der Waals surface area contributed by atoms with Gasteiger partial charge in [-0.25, -0.2) is 0 Å². The van der Waals surface area contributed by atoms with E-state index in [9.17, 15) is 4.79 Å². The first-order valence-electron chi connectivity index (χ1n) is 8.34. The number of ether oxygens (including phenoxy) is 1. The van der Waals surface area contributed by atoms with E-state index in [2.05, 4.69) is 19.2 Å². The van der Waals surface area contributed by atoms with Gasteiger partial charge in [0.25, 0.3) is 5.91 Å². The van der Waals surface area contributed by atoms with Crippen molar-refractivity contribution in [2.24, 2.45) is 5.92 Å². The molecule has 0 atom stereocenters. The van der Waals surface area contributed by atoms with Gasteiger partial charge in [-0.1, -0.05) is 38.1 Å². The molecule has 5 heteroatoms. The summed E-state index contributed by atoms with van der Waals surface area (Å²) in [4.78, 5) is 14.2. The second kappa shape index (κ2) is 9.18. The Morgan fingerprint density at radius 1 is 1.16 bits per heavy atom. The van der Waals surface area contributed by atoms with Crippen molar-refractivity contribution < 1.29 is 9.53 Å². The van der Waals surface area contributed by atoms with Crippen LogP contribution in [0.15, 0.2) is 54.6 Å². The zero-order valence-electron chi connectivity index (χ0n) is 14.9. The molecular weight excluding hydrogens is 332 g/mol. The highest BCUT2D eigenvalue weighted by atomic mass is 32.1. The van der Waals surface area contributed by atoms with Crippen LogP contribution in [0.25, 0.3) is 0 Å². The van der Waals surface area contributed by atoms with Crippen LogP contribution < -0.4 is 15.0 Å². The summed E-state index contributed by atoms with van der Waals surface area (Å²) in [5.74, 6) is 1.02. The predicted molar refractivity (Wildman–Crippen MR) is 106 cm³/mol. The minimum Gasteiger partial charge on any atom is -0.494 e. The topological polar surface area (TPSA) is 41.6 Å². The smallest absolute Gasteiger partial charge is 0.257 e. The lowest BCUT2D eigenvalue weighted by atomic mass is 10.1. The van der Waals surface area contributed by atoms with E-state index in [0.717, 1.165) is 12.1 Å².